The number of ether oxygens (including phenoxy) is 2. The summed E-state index contributed by atoms with van der Waals surface area (Å²) >= 11 is 0. The number of nitrogens with one attached hydrogen (secondary N) is 2. The predicted molar refractivity (Wildman–Crippen MR) is 117 cm³/mol. The number of aromatic nitrogens is 3. The summed E-state index contributed by atoms with van der Waals surface area (Å²) in [6.07, 6.45) is 0. The van der Waals surface area contributed by atoms with Crippen molar-refractivity contribution in [3.63, 3.8) is 0 Å². The molecule has 0 fully saturated rings. The summed E-state index contributed by atoms with van der Waals surface area (Å²) < 4.78 is 11.9. The molecule has 31 heavy (non-hydrogen) atoms. The van der Waals surface area contributed by atoms with E-state index < -0.39 is 0 Å². The van der Waals surface area contributed by atoms with E-state index in [4.69, 9.17) is 9.47 Å². The van der Waals surface area contributed by atoms with Gasteiger partial charge in [0.25, 0.3) is 11.5 Å². The lowest BCUT2D eigenvalue weighted by Gasteiger charge is -2.07. The van der Waals surface area contributed by atoms with E-state index >= 15 is 0 Å². The Hall–Kier alpha value is -4.07. The molecule has 2 aromatic carbocycles. The molecule has 0 unspecified atom stereocenters. The van der Waals surface area contributed by atoms with Crippen LogP contribution in [0.3, 0.4) is 0 Å². The van der Waals surface area contributed by atoms with Gasteiger partial charge in [0.05, 0.1) is 19.9 Å². The molecule has 0 radical (unpaired) electrons. The highest BCUT2D eigenvalue weighted by atomic mass is 16.5. The highest BCUT2D eigenvalue weighted by molar-refractivity contribution is 5.93. The van der Waals surface area contributed by atoms with Crippen LogP contribution in [0, 0.1) is 0 Å². The number of fused-ring (bicyclic) bond motifs is 1. The van der Waals surface area contributed by atoms with E-state index in [9.17, 15) is 9.59 Å². The molecule has 0 atom stereocenters. The monoisotopic (exact) mass is 418 g/mol. The molecule has 0 bridgehead atoms. The first-order chi connectivity index (χ1) is 15.0. The maximum absolute atomic E-state index is 12.7. The van der Waals surface area contributed by atoms with Crippen LogP contribution < -0.4 is 20.3 Å². The van der Waals surface area contributed by atoms with Crippen LogP contribution in [0.5, 0.6) is 11.5 Å². The number of carbonyl (C=O) groups excluding carboxylic acids is 1. The van der Waals surface area contributed by atoms with Gasteiger partial charge in [-0.15, -0.1) is 0 Å². The van der Waals surface area contributed by atoms with E-state index in [2.05, 4.69) is 15.4 Å². The predicted octanol–water partition coefficient (Wildman–Crippen LogP) is 2.88. The minimum Gasteiger partial charge on any atom is -0.497 e. The quantitative estimate of drug-likeness (QED) is 0.502. The van der Waals surface area contributed by atoms with E-state index in [1.54, 1.807) is 45.5 Å². The molecular formula is C23H22N4O4. The number of nitrogens with zero attached hydrogens (tertiary/aromatic N) is 2. The molecule has 4 rings (SSSR count). The average molecular weight is 418 g/mol. The van der Waals surface area contributed by atoms with Crippen LogP contribution in [0.15, 0.2) is 59.4 Å². The van der Waals surface area contributed by atoms with Crippen molar-refractivity contribution in [1.82, 2.24) is 20.1 Å². The Kier molecular flexibility index (Phi) is 5.44. The molecule has 0 saturated carbocycles. The number of rotatable bonds is 6. The number of hydrogen-bond acceptors (Lipinski definition) is 5. The van der Waals surface area contributed by atoms with Crippen LogP contribution in [0.2, 0.25) is 0 Å². The standard InChI is InChI=1S/C23H22N4O4/c1-27-21(12-20(26-27)14-4-6-17(30-2)7-5-14)23(29)24-13-16-10-15-11-18(31-3)8-9-19(15)25-22(16)28/h4-12H,13H2,1-3H3,(H,24,29)(H,25,28). The summed E-state index contributed by atoms with van der Waals surface area (Å²) in [5.74, 6) is 1.12. The first-order valence-electron chi connectivity index (χ1n) is 9.65. The lowest BCUT2D eigenvalue weighted by molar-refractivity contribution is 0.0941. The van der Waals surface area contributed by atoms with Gasteiger partial charge in [-0.3, -0.25) is 14.3 Å². The van der Waals surface area contributed by atoms with Crippen molar-refractivity contribution in [2.75, 3.05) is 14.2 Å². The van der Waals surface area contributed by atoms with Gasteiger partial charge in [0.1, 0.15) is 17.2 Å². The molecule has 4 aromatic rings. The van der Waals surface area contributed by atoms with Crippen molar-refractivity contribution >= 4 is 16.8 Å². The number of methoxy groups -OCH3 is 2. The number of H-pyrrole nitrogens is 1. The van der Waals surface area contributed by atoms with Crippen molar-refractivity contribution in [3.8, 4) is 22.8 Å². The second-order valence-electron chi connectivity index (χ2n) is 7.03. The summed E-state index contributed by atoms with van der Waals surface area (Å²) in [5, 5.41) is 8.05. The molecule has 8 nitrogen and oxygen atoms in total. The maximum Gasteiger partial charge on any atom is 0.269 e. The van der Waals surface area contributed by atoms with E-state index in [0.717, 1.165) is 16.7 Å². The molecule has 0 saturated heterocycles. The highest BCUT2D eigenvalue weighted by Gasteiger charge is 2.15. The van der Waals surface area contributed by atoms with Crippen LogP contribution in [0.1, 0.15) is 16.1 Å². The van der Waals surface area contributed by atoms with Gasteiger partial charge >= 0.3 is 0 Å². The van der Waals surface area contributed by atoms with Gasteiger partial charge in [-0.25, -0.2) is 0 Å². The lowest BCUT2D eigenvalue weighted by atomic mass is 10.1. The maximum atomic E-state index is 12.7. The fraction of sp³-hybridized carbons (Fsp3) is 0.174. The third-order valence-electron chi connectivity index (χ3n) is 5.07. The van der Waals surface area contributed by atoms with Gasteiger partial charge < -0.3 is 19.8 Å². The Morgan fingerprint density at radius 3 is 2.45 bits per heavy atom. The smallest absolute Gasteiger partial charge is 0.269 e. The van der Waals surface area contributed by atoms with Crippen LogP contribution in [-0.2, 0) is 13.6 Å². The fourth-order valence-electron chi connectivity index (χ4n) is 3.34. The van der Waals surface area contributed by atoms with Gasteiger partial charge in [0.15, 0.2) is 0 Å². The molecule has 8 heteroatoms. The van der Waals surface area contributed by atoms with Crippen LogP contribution >= 0.6 is 0 Å². The Labute approximate surface area is 178 Å². The number of aryl methyl sites for hydroxylation is 1. The lowest BCUT2D eigenvalue weighted by Crippen LogP contribution is -2.28. The number of pyridine rings is 1. The molecule has 1 amide bonds. The zero-order valence-corrected chi connectivity index (χ0v) is 17.4. The normalized spacial score (nSPS) is 10.8. The van der Waals surface area contributed by atoms with Crippen LogP contribution in [0.4, 0.5) is 0 Å². The van der Waals surface area contributed by atoms with E-state index in [1.807, 2.05) is 30.3 Å². The first kappa shape index (κ1) is 20.2. The highest BCUT2D eigenvalue weighted by Crippen LogP contribution is 2.22. The third kappa shape index (κ3) is 4.13. The third-order valence-corrected chi connectivity index (χ3v) is 5.07. The Morgan fingerprint density at radius 2 is 1.74 bits per heavy atom. The Bertz CT molecular complexity index is 1310. The molecule has 0 aliphatic heterocycles. The molecule has 158 valence electrons. The van der Waals surface area contributed by atoms with E-state index in [0.29, 0.717) is 28.2 Å². The number of hydrogen-bond donors (Lipinski definition) is 2. The number of aromatic amines is 1. The van der Waals surface area contributed by atoms with Crippen molar-refractivity contribution in [2.45, 2.75) is 6.54 Å². The molecule has 0 spiro atoms. The van der Waals surface area contributed by atoms with Gasteiger partial charge in [-0.2, -0.15) is 5.10 Å². The topological polar surface area (TPSA) is 98.2 Å². The summed E-state index contributed by atoms with van der Waals surface area (Å²) in [6, 6.07) is 16.3. The molecule has 2 heterocycles. The van der Waals surface area contributed by atoms with Gasteiger partial charge in [-0.1, -0.05) is 0 Å². The zero-order chi connectivity index (χ0) is 22.0. The fourth-order valence-corrected chi connectivity index (χ4v) is 3.34. The van der Waals surface area contributed by atoms with Crippen LogP contribution in [0.25, 0.3) is 22.2 Å². The second-order valence-corrected chi connectivity index (χ2v) is 7.03. The van der Waals surface area contributed by atoms with Crippen molar-refractivity contribution in [2.24, 2.45) is 7.05 Å². The minimum atomic E-state index is -0.320. The summed E-state index contributed by atoms with van der Waals surface area (Å²) in [4.78, 5) is 27.9. The van der Waals surface area contributed by atoms with E-state index in [-0.39, 0.29) is 18.0 Å². The van der Waals surface area contributed by atoms with Crippen LogP contribution in [-0.4, -0.2) is 34.9 Å². The minimum absolute atomic E-state index is 0.0877. The average Bonchev–Trinajstić information content (AvgIpc) is 3.18. The first-order valence-corrected chi connectivity index (χ1v) is 9.65. The van der Waals surface area contributed by atoms with Crippen molar-refractivity contribution in [3.05, 3.63) is 76.2 Å². The Morgan fingerprint density at radius 1 is 1.03 bits per heavy atom. The summed E-state index contributed by atoms with van der Waals surface area (Å²) in [6.45, 7) is 0.0877. The molecule has 0 aliphatic rings. The molecule has 0 aliphatic carbocycles. The number of benzene rings is 2. The van der Waals surface area contributed by atoms with E-state index in [1.165, 1.54) is 4.68 Å². The second kappa shape index (κ2) is 8.35. The summed E-state index contributed by atoms with van der Waals surface area (Å²) in [5.41, 5.74) is 2.84. The number of carbonyl (C=O) groups is 1. The van der Waals surface area contributed by atoms with Crippen molar-refractivity contribution in [1.29, 1.82) is 0 Å². The largest absolute Gasteiger partial charge is 0.497 e. The van der Waals surface area contributed by atoms with Gasteiger partial charge in [0, 0.05) is 35.6 Å². The summed E-state index contributed by atoms with van der Waals surface area (Å²) in [7, 11) is 4.90. The SMILES string of the molecule is COc1ccc(-c2cc(C(=O)NCc3cc4cc(OC)ccc4[nH]c3=O)n(C)n2)cc1. The number of amides is 1. The van der Waals surface area contributed by atoms with Gasteiger partial charge in [0.2, 0.25) is 0 Å². The zero-order valence-electron chi connectivity index (χ0n) is 17.4. The molecule has 2 aromatic heterocycles. The van der Waals surface area contributed by atoms with Crippen molar-refractivity contribution < 1.29 is 14.3 Å². The molecular weight excluding hydrogens is 396 g/mol. The van der Waals surface area contributed by atoms with Gasteiger partial charge in [-0.05, 0) is 54.6 Å². The Balaban J connectivity index is 1.53. The molecule has 2 N–H and O–H groups in total.